The molecule has 0 aliphatic heterocycles. The second-order valence-electron chi connectivity index (χ2n) is 5.03. The Morgan fingerprint density at radius 2 is 2.18 bits per heavy atom. The lowest BCUT2D eigenvalue weighted by Gasteiger charge is -2.10. The molecule has 3 nitrogen and oxygen atoms in total. The van der Waals surface area contributed by atoms with E-state index in [9.17, 15) is 4.39 Å². The number of rotatable bonds is 6. The van der Waals surface area contributed by atoms with Gasteiger partial charge in [-0.05, 0) is 37.7 Å². The summed E-state index contributed by atoms with van der Waals surface area (Å²) in [5.74, 6) is 0.980. The van der Waals surface area contributed by atoms with Crippen molar-refractivity contribution in [3.8, 4) is 5.88 Å². The molecule has 1 heterocycles. The minimum absolute atomic E-state index is 0.295. The van der Waals surface area contributed by atoms with Gasteiger partial charge in [0.05, 0.1) is 12.8 Å². The Kier molecular flexibility index (Phi) is 2.97. The summed E-state index contributed by atoms with van der Waals surface area (Å²) in [6, 6.07) is 2.12. The SMILES string of the molecule is Fc1cnc(OCC2CC2)c(CNC2CC2)c1. The predicted molar refractivity (Wildman–Crippen MR) is 62.3 cm³/mol. The summed E-state index contributed by atoms with van der Waals surface area (Å²) in [6.07, 6.45) is 6.17. The Balaban J connectivity index is 1.64. The molecule has 0 spiro atoms. The van der Waals surface area contributed by atoms with Crippen LogP contribution in [0, 0.1) is 11.7 Å². The van der Waals surface area contributed by atoms with E-state index in [2.05, 4.69) is 10.3 Å². The van der Waals surface area contributed by atoms with Gasteiger partial charge in [0.1, 0.15) is 5.82 Å². The first-order valence-electron chi connectivity index (χ1n) is 6.32. The van der Waals surface area contributed by atoms with E-state index in [4.69, 9.17) is 4.74 Å². The van der Waals surface area contributed by atoms with Crippen LogP contribution < -0.4 is 10.1 Å². The molecule has 0 bridgehead atoms. The van der Waals surface area contributed by atoms with Crippen molar-refractivity contribution in [2.75, 3.05) is 6.61 Å². The number of nitrogens with zero attached hydrogens (tertiary/aromatic N) is 1. The smallest absolute Gasteiger partial charge is 0.218 e. The Hall–Kier alpha value is -1.16. The summed E-state index contributed by atoms with van der Waals surface area (Å²) in [5.41, 5.74) is 0.831. The van der Waals surface area contributed by atoms with Crippen LogP contribution in [0.3, 0.4) is 0 Å². The molecule has 0 amide bonds. The summed E-state index contributed by atoms with van der Waals surface area (Å²) in [4.78, 5) is 4.04. The van der Waals surface area contributed by atoms with Crippen molar-refractivity contribution in [2.24, 2.45) is 5.92 Å². The van der Waals surface area contributed by atoms with E-state index in [1.54, 1.807) is 0 Å². The van der Waals surface area contributed by atoms with Crippen molar-refractivity contribution in [3.63, 3.8) is 0 Å². The van der Waals surface area contributed by atoms with Crippen LogP contribution in [-0.2, 0) is 6.54 Å². The van der Waals surface area contributed by atoms with Gasteiger partial charge in [0.2, 0.25) is 5.88 Å². The number of ether oxygens (including phenoxy) is 1. The molecule has 17 heavy (non-hydrogen) atoms. The van der Waals surface area contributed by atoms with Crippen molar-refractivity contribution in [1.29, 1.82) is 0 Å². The monoisotopic (exact) mass is 236 g/mol. The summed E-state index contributed by atoms with van der Waals surface area (Å²) >= 11 is 0. The number of hydrogen-bond donors (Lipinski definition) is 1. The van der Waals surface area contributed by atoms with Crippen LogP contribution >= 0.6 is 0 Å². The fraction of sp³-hybridized carbons (Fsp3) is 0.615. The van der Waals surface area contributed by atoms with Crippen molar-refractivity contribution in [3.05, 3.63) is 23.6 Å². The van der Waals surface area contributed by atoms with Gasteiger partial charge in [-0.15, -0.1) is 0 Å². The number of nitrogens with one attached hydrogen (secondary N) is 1. The molecule has 92 valence electrons. The maximum atomic E-state index is 13.2. The lowest BCUT2D eigenvalue weighted by Crippen LogP contribution is -2.17. The minimum atomic E-state index is -0.295. The zero-order chi connectivity index (χ0) is 11.7. The normalized spacial score (nSPS) is 19.4. The number of hydrogen-bond acceptors (Lipinski definition) is 3. The molecule has 0 saturated heterocycles. The van der Waals surface area contributed by atoms with Crippen molar-refractivity contribution in [2.45, 2.75) is 38.3 Å². The first kappa shape index (κ1) is 11.0. The van der Waals surface area contributed by atoms with E-state index in [0.29, 0.717) is 24.4 Å². The molecular formula is C13H17FN2O. The molecular weight excluding hydrogens is 219 g/mol. The molecule has 2 fully saturated rings. The van der Waals surface area contributed by atoms with Gasteiger partial charge in [-0.2, -0.15) is 0 Å². The summed E-state index contributed by atoms with van der Waals surface area (Å²) in [7, 11) is 0. The van der Waals surface area contributed by atoms with Crippen LogP contribution in [0.4, 0.5) is 4.39 Å². The third-order valence-corrected chi connectivity index (χ3v) is 3.20. The van der Waals surface area contributed by atoms with Gasteiger partial charge in [-0.25, -0.2) is 9.37 Å². The number of aromatic nitrogens is 1. The van der Waals surface area contributed by atoms with E-state index < -0.39 is 0 Å². The molecule has 2 saturated carbocycles. The van der Waals surface area contributed by atoms with Crippen LogP contribution in [0.25, 0.3) is 0 Å². The molecule has 3 rings (SSSR count). The first-order valence-corrected chi connectivity index (χ1v) is 6.32. The van der Waals surface area contributed by atoms with Gasteiger partial charge in [0.25, 0.3) is 0 Å². The highest BCUT2D eigenvalue weighted by molar-refractivity contribution is 5.26. The third kappa shape index (κ3) is 3.16. The van der Waals surface area contributed by atoms with Crippen LogP contribution in [0.2, 0.25) is 0 Å². The maximum absolute atomic E-state index is 13.2. The molecule has 2 aliphatic carbocycles. The van der Waals surface area contributed by atoms with Gasteiger partial charge in [0, 0.05) is 18.2 Å². The average molecular weight is 236 g/mol. The van der Waals surface area contributed by atoms with E-state index >= 15 is 0 Å². The molecule has 0 aromatic carbocycles. The van der Waals surface area contributed by atoms with Crippen LogP contribution in [0.5, 0.6) is 5.88 Å². The minimum Gasteiger partial charge on any atom is -0.477 e. The van der Waals surface area contributed by atoms with Gasteiger partial charge >= 0.3 is 0 Å². The Bertz CT molecular complexity index is 402. The molecule has 2 aliphatic rings. The van der Waals surface area contributed by atoms with Gasteiger partial charge in [0.15, 0.2) is 0 Å². The Labute approximate surface area is 100 Å². The molecule has 0 atom stereocenters. The second-order valence-corrected chi connectivity index (χ2v) is 5.03. The van der Waals surface area contributed by atoms with Crippen molar-refractivity contribution in [1.82, 2.24) is 10.3 Å². The Morgan fingerprint density at radius 3 is 2.88 bits per heavy atom. The molecule has 1 aromatic rings. The third-order valence-electron chi connectivity index (χ3n) is 3.20. The van der Waals surface area contributed by atoms with Crippen molar-refractivity contribution >= 4 is 0 Å². The van der Waals surface area contributed by atoms with E-state index in [-0.39, 0.29) is 5.82 Å². The fourth-order valence-electron chi connectivity index (χ4n) is 1.75. The largest absolute Gasteiger partial charge is 0.477 e. The van der Waals surface area contributed by atoms with Crippen molar-refractivity contribution < 1.29 is 9.13 Å². The zero-order valence-electron chi connectivity index (χ0n) is 9.79. The van der Waals surface area contributed by atoms with E-state index in [0.717, 1.165) is 12.2 Å². The number of pyridine rings is 1. The van der Waals surface area contributed by atoms with Crippen LogP contribution in [0.1, 0.15) is 31.2 Å². The first-order chi connectivity index (χ1) is 8.31. The molecule has 4 heteroatoms. The summed E-state index contributed by atoms with van der Waals surface area (Å²) in [6.45, 7) is 1.37. The Morgan fingerprint density at radius 1 is 1.35 bits per heavy atom. The van der Waals surface area contributed by atoms with Gasteiger partial charge in [-0.3, -0.25) is 0 Å². The van der Waals surface area contributed by atoms with E-state index in [1.807, 2.05) is 0 Å². The lowest BCUT2D eigenvalue weighted by molar-refractivity contribution is 0.283. The average Bonchev–Trinajstić information content (AvgIpc) is 3.18. The quantitative estimate of drug-likeness (QED) is 0.822. The highest BCUT2D eigenvalue weighted by Gasteiger charge is 2.24. The second kappa shape index (κ2) is 4.61. The van der Waals surface area contributed by atoms with Crippen LogP contribution in [-0.4, -0.2) is 17.6 Å². The topological polar surface area (TPSA) is 34.1 Å². The maximum Gasteiger partial charge on any atom is 0.218 e. The van der Waals surface area contributed by atoms with Gasteiger partial charge < -0.3 is 10.1 Å². The van der Waals surface area contributed by atoms with Crippen LogP contribution in [0.15, 0.2) is 12.3 Å². The highest BCUT2D eigenvalue weighted by Crippen LogP contribution is 2.30. The summed E-state index contributed by atoms with van der Waals surface area (Å²) in [5, 5.41) is 3.36. The standard InChI is InChI=1S/C13H17FN2O/c14-11-5-10(6-15-12-3-4-12)13(16-7-11)17-8-9-1-2-9/h5,7,9,12,15H,1-4,6,8H2. The zero-order valence-corrected chi connectivity index (χ0v) is 9.79. The molecule has 1 aromatic heterocycles. The molecule has 0 radical (unpaired) electrons. The predicted octanol–water partition coefficient (Wildman–Crippen LogP) is 2.26. The fourth-order valence-corrected chi connectivity index (χ4v) is 1.75. The summed E-state index contributed by atoms with van der Waals surface area (Å²) < 4.78 is 18.8. The number of halogens is 1. The molecule has 0 unspecified atom stereocenters. The molecule has 1 N–H and O–H groups in total. The highest BCUT2D eigenvalue weighted by atomic mass is 19.1. The lowest BCUT2D eigenvalue weighted by atomic mass is 10.2. The van der Waals surface area contributed by atoms with E-state index in [1.165, 1.54) is 37.9 Å². The van der Waals surface area contributed by atoms with Gasteiger partial charge in [-0.1, -0.05) is 0 Å².